The fourth-order valence-corrected chi connectivity index (χ4v) is 3.07. The summed E-state index contributed by atoms with van der Waals surface area (Å²) < 4.78 is 1.54. The van der Waals surface area contributed by atoms with Gasteiger partial charge in [-0.25, -0.2) is 4.79 Å². The Morgan fingerprint density at radius 3 is 2.33 bits per heavy atom. The fraction of sp³-hybridized carbons (Fsp3) is 0.0833. The van der Waals surface area contributed by atoms with Gasteiger partial charge in [0.05, 0.1) is 5.69 Å². The third-order valence-electron chi connectivity index (χ3n) is 2.67. The summed E-state index contributed by atoms with van der Waals surface area (Å²) in [6.07, 6.45) is 0. The summed E-state index contributed by atoms with van der Waals surface area (Å²) in [6, 6.07) is 3.96. The van der Waals surface area contributed by atoms with E-state index >= 15 is 0 Å². The monoisotopic (exact) mass is 275 g/mol. The van der Waals surface area contributed by atoms with Crippen molar-refractivity contribution in [1.82, 2.24) is 14.8 Å². The molecule has 0 aromatic carbocycles. The highest BCUT2D eigenvalue weighted by atomic mass is 32.1. The van der Waals surface area contributed by atoms with Crippen LogP contribution in [0.25, 0.3) is 22.5 Å². The first-order chi connectivity index (χ1) is 8.77. The van der Waals surface area contributed by atoms with Gasteiger partial charge in [-0.3, -0.25) is 4.57 Å². The van der Waals surface area contributed by atoms with E-state index in [0.29, 0.717) is 0 Å². The molecule has 0 atom stereocenters. The summed E-state index contributed by atoms with van der Waals surface area (Å²) in [6.45, 7) is 0. The van der Waals surface area contributed by atoms with Crippen LogP contribution in [0.5, 0.6) is 0 Å². The molecule has 0 spiro atoms. The number of rotatable bonds is 2. The minimum atomic E-state index is -0.338. The molecule has 0 aliphatic carbocycles. The predicted octanol–water partition coefficient (Wildman–Crippen LogP) is 2.63. The molecular formula is C12H9N3OS2. The summed E-state index contributed by atoms with van der Waals surface area (Å²) in [5, 5.41) is 15.7. The van der Waals surface area contributed by atoms with Crippen LogP contribution in [-0.4, -0.2) is 14.8 Å². The molecule has 3 aromatic heterocycles. The number of nitrogens with zero attached hydrogens (tertiary/aromatic N) is 3. The largest absolute Gasteiger partial charge is 0.366 e. The van der Waals surface area contributed by atoms with Crippen molar-refractivity contribution >= 4 is 22.7 Å². The van der Waals surface area contributed by atoms with Crippen LogP contribution in [0.3, 0.4) is 0 Å². The van der Waals surface area contributed by atoms with Crippen LogP contribution in [0, 0.1) is 0 Å². The van der Waals surface area contributed by atoms with Gasteiger partial charge in [0, 0.05) is 28.9 Å². The topological polar surface area (TPSA) is 47.8 Å². The van der Waals surface area contributed by atoms with Gasteiger partial charge in [-0.15, -0.1) is 5.10 Å². The average molecular weight is 275 g/mol. The molecule has 0 amide bonds. The van der Waals surface area contributed by atoms with Crippen LogP contribution in [-0.2, 0) is 7.05 Å². The zero-order valence-corrected chi connectivity index (χ0v) is 11.2. The molecule has 0 aliphatic rings. The van der Waals surface area contributed by atoms with Gasteiger partial charge in [0.25, 0.3) is 0 Å². The van der Waals surface area contributed by atoms with Gasteiger partial charge in [-0.2, -0.15) is 22.7 Å². The maximum Gasteiger partial charge on any atom is 0.366 e. The van der Waals surface area contributed by atoms with Crippen LogP contribution >= 0.6 is 22.7 Å². The molecule has 6 heteroatoms. The van der Waals surface area contributed by atoms with Crippen LogP contribution in [0.2, 0.25) is 0 Å². The lowest BCUT2D eigenvalue weighted by Gasteiger charge is -2.09. The first kappa shape index (κ1) is 11.3. The van der Waals surface area contributed by atoms with Gasteiger partial charge in [0.1, 0.15) is 5.69 Å². The maximum atomic E-state index is 11.7. The van der Waals surface area contributed by atoms with E-state index in [4.69, 9.17) is 0 Å². The molecule has 0 bridgehead atoms. The zero-order valence-electron chi connectivity index (χ0n) is 9.53. The van der Waals surface area contributed by atoms with Crippen LogP contribution in [0.1, 0.15) is 0 Å². The van der Waals surface area contributed by atoms with E-state index in [1.165, 1.54) is 0 Å². The highest BCUT2D eigenvalue weighted by molar-refractivity contribution is 7.08. The molecule has 0 radical (unpaired) electrons. The van der Waals surface area contributed by atoms with Crippen molar-refractivity contribution < 1.29 is 0 Å². The van der Waals surface area contributed by atoms with Crippen molar-refractivity contribution in [2.75, 3.05) is 0 Å². The first-order valence-corrected chi connectivity index (χ1v) is 7.15. The van der Waals surface area contributed by atoms with Crippen LogP contribution < -0.4 is 5.69 Å². The molecule has 0 fully saturated rings. The highest BCUT2D eigenvalue weighted by Gasteiger charge is 2.14. The zero-order chi connectivity index (χ0) is 12.5. The van der Waals surface area contributed by atoms with E-state index in [0.717, 1.165) is 22.5 Å². The van der Waals surface area contributed by atoms with E-state index in [2.05, 4.69) is 10.2 Å². The Morgan fingerprint density at radius 2 is 1.72 bits per heavy atom. The molecule has 0 saturated heterocycles. The Morgan fingerprint density at radius 1 is 1.06 bits per heavy atom. The van der Waals surface area contributed by atoms with Crippen molar-refractivity contribution in [3.05, 3.63) is 44.1 Å². The summed E-state index contributed by atoms with van der Waals surface area (Å²) in [5.74, 6) is 0. The summed E-state index contributed by atoms with van der Waals surface area (Å²) >= 11 is 3.19. The van der Waals surface area contributed by atoms with Gasteiger partial charge in [0.2, 0.25) is 0 Å². The van der Waals surface area contributed by atoms with Crippen molar-refractivity contribution in [1.29, 1.82) is 0 Å². The Bertz CT molecular complexity index is 714. The minimum Gasteiger partial charge on any atom is -0.291 e. The quantitative estimate of drug-likeness (QED) is 0.722. The van der Waals surface area contributed by atoms with Crippen molar-refractivity contribution in [2.45, 2.75) is 0 Å². The van der Waals surface area contributed by atoms with Crippen molar-refractivity contribution in [3.8, 4) is 22.5 Å². The molecule has 0 unspecified atom stereocenters. The molecule has 90 valence electrons. The van der Waals surface area contributed by atoms with Gasteiger partial charge >= 0.3 is 5.69 Å². The molecule has 18 heavy (non-hydrogen) atoms. The van der Waals surface area contributed by atoms with Gasteiger partial charge in [0.15, 0.2) is 0 Å². The third kappa shape index (κ3) is 1.79. The van der Waals surface area contributed by atoms with E-state index in [-0.39, 0.29) is 5.69 Å². The highest BCUT2D eigenvalue weighted by Crippen LogP contribution is 2.30. The first-order valence-electron chi connectivity index (χ1n) is 5.26. The normalized spacial score (nSPS) is 10.7. The number of thiophene rings is 2. The maximum absolute atomic E-state index is 11.7. The minimum absolute atomic E-state index is 0.338. The average Bonchev–Trinajstić information content (AvgIpc) is 3.03. The molecule has 3 aromatic rings. The lowest BCUT2D eigenvalue weighted by molar-refractivity contribution is 0.771. The molecule has 3 rings (SSSR count). The molecular weight excluding hydrogens is 266 g/mol. The standard InChI is InChI=1S/C12H9N3OS2/c1-15-11(9-3-5-18-7-9)10(13-14-12(15)16)8-2-4-17-6-8/h2-7H,1H3. The molecule has 0 N–H and O–H groups in total. The Balaban J connectivity index is 2.34. The molecule has 3 heterocycles. The van der Waals surface area contributed by atoms with Gasteiger partial charge in [-0.1, -0.05) is 5.10 Å². The van der Waals surface area contributed by atoms with E-state index in [1.54, 1.807) is 34.3 Å². The lowest BCUT2D eigenvalue weighted by atomic mass is 10.1. The SMILES string of the molecule is Cn1c(-c2ccsc2)c(-c2ccsc2)nnc1=O. The second kappa shape index (κ2) is 4.47. The summed E-state index contributed by atoms with van der Waals surface area (Å²) in [4.78, 5) is 11.7. The molecule has 4 nitrogen and oxygen atoms in total. The van der Waals surface area contributed by atoms with E-state index < -0.39 is 0 Å². The second-order valence-corrected chi connectivity index (χ2v) is 5.32. The van der Waals surface area contributed by atoms with Crippen molar-refractivity contribution in [2.24, 2.45) is 7.05 Å². The Hall–Kier alpha value is -1.79. The number of hydrogen-bond acceptors (Lipinski definition) is 5. The number of hydrogen-bond donors (Lipinski definition) is 0. The van der Waals surface area contributed by atoms with E-state index in [9.17, 15) is 4.79 Å². The second-order valence-electron chi connectivity index (χ2n) is 3.76. The molecule has 0 aliphatic heterocycles. The summed E-state index contributed by atoms with van der Waals surface area (Å²) in [7, 11) is 1.72. The lowest BCUT2D eigenvalue weighted by Crippen LogP contribution is -2.23. The van der Waals surface area contributed by atoms with Crippen molar-refractivity contribution in [3.63, 3.8) is 0 Å². The smallest absolute Gasteiger partial charge is 0.291 e. The fourth-order valence-electron chi connectivity index (χ4n) is 1.78. The van der Waals surface area contributed by atoms with Gasteiger partial charge in [-0.05, 0) is 22.9 Å². The Kier molecular flexibility index (Phi) is 2.81. The van der Waals surface area contributed by atoms with Gasteiger partial charge < -0.3 is 0 Å². The van der Waals surface area contributed by atoms with Crippen LogP contribution in [0.15, 0.2) is 38.4 Å². The van der Waals surface area contributed by atoms with E-state index in [1.807, 2.05) is 33.7 Å². The molecule has 0 saturated carbocycles. The number of aromatic nitrogens is 3. The third-order valence-corrected chi connectivity index (χ3v) is 4.04. The Labute approximate surface area is 111 Å². The van der Waals surface area contributed by atoms with Crippen LogP contribution in [0.4, 0.5) is 0 Å². The predicted molar refractivity (Wildman–Crippen MR) is 73.9 cm³/mol. The summed E-state index contributed by atoms with van der Waals surface area (Å²) in [5.41, 5.74) is 3.21.